The second-order valence-electron chi connectivity index (χ2n) is 4.89. The molecule has 0 saturated carbocycles. The summed E-state index contributed by atoms with van der Waals surface area (Å²) in [6, 6.07) is 8.94. The van der Waals surface area contributed by atoms with E-state index in [-0.39, 0.29) is 0 Å². The molecule has 0 bridgehead atoms. The van der Waals surface area contributed by atoms with Gasteiger partial charge in [-0.3, -0.25) is 4.68 Å². The Balaban J connectivity index is 1.88. The third kappa shape index (κ3) is 1.94. The normalized spacial score (nSPS) is 18.4. The largest absolute Gasteiger partial charge is 0.394 e. The van der Waals surface area contributed by atoms with Crippen LogP contribution in [0.2, 0.25) is 0 Å². The Hall–Kier alpha value is -1.97. The van der Waals surface area contributed by atoms with E-state index in [2.05, 4.69) is 34.7 Å². The van der Waals surface area contributed by atoms with Crippen molar-refractivity contribution in [1.82, 2.24) is 9.78 Å². The number of rotatable bonds is 2. The van der Waals surface area contributed by atoms with Crippen molar-refractivity contribution in [2.45, 2.75) is 25.3 Å². The Labute approximate surface area is 107 Å². The van der Waals surface area contributed by atoms with Crippen LogP contribution in [0.1, 0.15) is 30.0 Å². The van der Waals surface area contributed by atoms with Gasteiger partial charge in [-0.2, -0.15) is 5.10 Å². The smallest absolute Gasteiger partial charge is 0.171 e. The number of aryl methyl sites for hydroxylation is 2. The molecule has 1 unspecified atom stereocenters. The van der Waals surface area contributed by atoms with Gasteiger partial charge >= 0.3 is 0 Å². The fourth-order valence-corrected chi connectivity index (χ4v) is 2.69. The van der Waals surface area contributed by atoms with Crippen LogP contribution in [0.15, 0.2) is 30.5 Å². The molecule has 0 saturated heterocycles. The molecule has 1 aromatic carbocycles. The topological polar surface area (TPSA) is 55.9 Å². The molecule has 1 aliphatic carbocycles. The highest BCUT2D eigenvalue weighted by Crippen LogP contribution is 2.33. The minimum absolute atomic E-state index is 0.326. The Morgan fingerprint density at radius 2 is 2.22 bits per heavy atom. The Kier molecular flexibility index (Phi) is 2.70. The molecular weight excluding hydrogens is 224 g/mol. The second-order valence-corrected chi connectivity index (χ2v) is 4.89. The third-order valence-electron chi connectivity index (χ3n) is 3.54. The molecule has 1 aliphatic rings. The number of hydrogen-bond donors (Lipinski definition) is 2. The van der Waals surface area contributed by atoms with Gasteiger partial charge in [-0.25, -0.2) is 0 Å². The fourth-order valence-electron chi connectivity index (χ4n) is 2.69. The van der Waals surface area contributed by atoms with E-state index in [0.717, 1.165) is 12.2 Å². The lowest BCUT2D eigenvalue weighted by Crippen LogP contribution is -2.18. The number of nitrogens with one attached hydrogen (secondary N) is 1. The van der Waals surface area contributed by atoms with Crippen molar-refractivity contribution in [3.63, 3.8) is 0 Å². The quantitative estimate of drug-likeness (QED) is 0.850. The minimum Gasteiger partial charge on any atom is -0.394 e. The van der Waals surface area contributed by atoms with Crippen LogP contribution in [0.3, 0.4) is 0 Å². The summed E-state index contributed by atoms with van der Waals surface area (Å²) in [5.74, 6) is 0.791. The number of nitrogens with two attached hydrogens (primary N) is 1. The number of fused-ring (bicyclic) bond motifs is 1. The summed E-state index contributed by atoms with van der Waals surface area (Å²) < 4.78 is 1.74. The molecule has 0 amide bonds. The standard InChI is InChI=1S/C14H18N4/c1-18-9-12(15)14(17-18)16-13-8-4-6-10-5-2-3-7-11(10)13/h2-3,5,7,9,13H,4,6,8,15H2,1H3,(H,16,17). The molecule has 2 aromatic rings. The van der Waals surface area contributed by atoms with E-state index in [1.165, 1.54) is 24.0 Å². The predicted molar refractivity (Wildman–Crippen MR) is 73.4 cm³/mol. The first-order valence-corrected chi connectivity index (χ1v) is 6.37. The SMILES string of the molecule is Cn1cc(N)c(NC2CCCc3ccccc32)n1. The highest BCUT2D eigenvalue weighted by molar-refractivity contribution is 5.61. The summed E-state index contributed by atoms with van der Waals surface area (Å²) in [5.41, 5.74) is 9.47. The first-order valence-electron chi connectivity index (χ1n) is 6.37. The fraction of sp³-hybridized carbons (Fsp3) is 0.357. The van der Waals surface area contributed by atoms with Gasteiger partial charge in [0.2, 0.25) is 0 Å². The highest BCUT2D eigenvalue weighted by atomic mass is 15.3. The molecule has 1 heterocycles. The van der Waals surface area contributed by atoms with Crippen LogP contribution in [0.4, 0.5) is 11.5 Å². The van der Waals surface area contributed by atoms with E-state index in [1.807, 2.05) is 13.2 Å². The summed E-state index contributed by atoms with van der Waals surface area (Å²) in [5, 5.41) is 7.83. The van der Waals surface area contributed by atoms with Crippen molar-refractivity contribution in [1.29, 1.82) is 0 Å². The highest BCUT2D eigenvalue weighted by Gasteiger charge is 2.20. The Bertz CT molecular complexity index is 559. The van der Waals surface area contributed by atoms with Crippen LogP contribution in [0.5, 0.6) is 0 Å². The summed E-state index contributed by atoms with van der Waals surface area (Å²) in [6.07, 6.45) is 5.34. The van der Waals surface area contributed by atoms with Gasteiger partial charge < -0.3 is 11.1 Å². The number of benzene rings is 1. The van der Waals surface area contributed by atoms with E-state index < -0.39 is 0 Å². The number of hydrogen-bond acceptors (Lipinski definition) is 3. The number of aromatic nitrogens is 2. The van der Waals surface area contributed by atoms with E-state index >= 15 is 0 Å². The molecule has 0 aliphatic heterocycles. The minimum atomic E-state index is 0.326. The van der Waals surface area contributed by atoms with E-state index in [4.69, 9.17) is 5.73 Å². The molecule has 18 heavy (non-hydrogen) atoms. The van der Waals surface area contributed by atoms with Crippen LogP contribution in [-0.4, -0.2) is 9.78 Å². The number of nitrogens with zero attached hydrogens (tertiary/aromatic N) is 2. The van der Waals surface area contributed by atoms with E-state index in [0.29, 0.717) is 11.7 Å². The van der Waals surface area contributed by atoms with Crippen molar-refractivity contribution in [3.05, 3.63) is 41.6 Å². The maximum absolute atomic E-state index is 5.93. The predicted octanol–water partition coefficient (Wildman–Crippen LogP) is 2.49. The van der Waals surface area contributed by atoms with Crippen LogP contribution < -0.4 is 11.1 Å². The van der Waals surface area contributed by atoms with Crippen molar-refractivity contribution >= 4 is 11.5 Å². The first kappa shape index (κ1) is 11.1. The molecule has 4 heteroatoms. The summed E-state index contributed by atoms with van der Waals surface area (Å²) >= 11 is 0. The van der Waals surface area contributed by atoms with Crippen molar-refractivity contribution in [3.8, 4) is 0 Å². The van der Waals surface area contributed by atoms with Gasteiger partial charge in [0.1, 0.15) is 0 Å². The van der Waals surface area contributed by atoms with Crippen LogP contribution >= 0.6 is 0 Å². The van der Waals surface area contributed by atoms with E-state index in [9.17, 15) is 0 Å². The summed E-state index contributed by atoms with van der Waals surface area (Å²) in [7, 11) is 1.89. The molecule has 0 fully saturated rings. The maximum atomic E-state index is 5.93. The lowest BCUT2D eigenvalue weighted by molar-refractivity contribution is 0.597. The van der Waals surface area contributed by atoms with Crippen LogP contribution in [-0.2, 0) is 13.5 Å². The van der Waals surface area contributed by atoms with Gasteiger partial charge in [-0.1, -0.05) is 24.3 Å². The van der Waals surface area contributed by atoms with E-state index in [1.54, 1.807) is 4.68 Å². The zero-order chi connectivity index (χ0) is 12.5. The average Bonchev–Trinajstić information content (AvgIpc) is 2.68. The average molecular weight is 242 g/mol. The number of anilines is 2. The van der Waals surface area contributed by atoms with Gasteiger partial charge in [0, 0.05) is 13.2 Å². The first-order chi connectivity index (χ1) is 8.74. The molecule has 4 nitrogen and oxygen atoms in total. The summed E-state index contributed by atoms with van der Waals surface area (Å²) in [4.78, 5) is 0. The van der Waals surface area contributed by atoms with Crippen molar-refractivity contribution in [2.75, 3.05) is 11.1 Å². The maximum Gasteiger partial charge on any atom is 0.171 e. The van der Waals surface area contributed by atoms with Gasteiger partial charge in [0.25, 0.3) is 0 Å². The molecule has 94 valence electrons. The molecule has 3 rings (SSSR count). The Morgan fingerprint density at radius 3 is 3.00 bits per heavy atom. The van der Waals surface area contributed by atoms with Gasteiger partial charge in [0.15, 0.2) is 5.82 Å². The van der Waals surface area contributed by atoms with Crippen molar-refractivity contribution < 1.29 is 0 Å². The van der Waals surface area contributed by atoms with Gasteiger partial charge in [0.05, 0.1) is 11.7 Å². The monoisotopic (exact) mass is 242 g/mol. The molecule has 3 N–H and O–H groups in total. The lowest BCUT2D eigenvalue weighted by atomic mass is 9.88. The summed E-state index contributed by atoms with van der Waals surface area (Å²) in [6.45, 7) is 0. The second kappa shape index (κ2) is 4.37. The van der Waals surface area contributed by atoms with Gasteiger partial charge in [-0.05, 0) is 30.4 Å². The zero-order valence-corrected chi connectivity index (χ0v) is 10.6. The van der Waals surface area contributed by atoms with Crippen LogP contribution in [0.25, 0.3) is 0 Å². The number of nitrogen functional groups attached to an aromatic ring is 1. The zero-order valence-electron chi connectivity index (χ0n) is 10.6. The third-order valence-corrected chi connectivity index (χ3v) is 3.54. The molecule has 1 atom stereocenters. The Morgan fingerprint density at radius 1 is 1.39 bits per heavy atom. The lowest BCUT2D eigenvalue weighted by Gasteiger charge is -2.26. The molecular formula is C14H18N4. The molecule has 0 radical (unpaired) electrons. The van der Waals surface area contributed by atoms with Gasteiger partial charge in [-0.15, -0.1) is 0 Å². The van der Waals surface area contributed by atoms with Crippen LogP contribution in [0, 0.1) is 0 Å². The molecule has 1 aromatic heterocycles. The molecule has 0 spiro atoms. The van der Waals surface area contributed by atoms with Crippen molar-refractivity contribution in [2.24, 2.45) is 7.05 Å².